The zero-order chi connectivity index (χ0) is 16.7. The molecular formula is C18H28N4O2. The third-order valence-electron chi connectivity index (χ3n) is 6.02. The van der Waals surface area contributed by atoms with Gasteiger partial charge in [-0.3, -0.25) is 9.48 Å². The predicted octanol–water partition coefficient (Wildman–Crippen LogP) is 1.12. The smallest absolute Gasteiger partial charge is 0.226 e. The molecule has 24 heavy (non-hydrogen) atoms. The topological polar surface area (TPSA) is 59.4 Å². The summed E-state index contributed by atoms with van der Waals surface area (Å²) in [4.78, 5) is 15.0. The number of nitrogens with one attached hydrogen (secondary N) is 1. The van der Waals surface area contributed by atoms with Gasteiger partial charge in [-0.25, -0.2) is 0 Å². The highest BCUT2D eigenvalue weighted by molar-refractivity contribution is 5.83. The Hall–Kier alpha value is -1.40. The summed E-state index contributed by atoms with van der Waals surface area (Å²) >= 11 is 0. The molecule has 0 radical (unpaired) electrons. The zero-order valence-corrected chi connectivity index (χ0v) is 14.8. The molecule has 6 nitrogen and oxygen atoms in total. The summed E-state index contributed by atoms with van der Waals surface area (Å²) < 4.78 is 7.90. The molecule has 132 valence electrons. The maximum absolute atomic E-state index is 12.9. The first-order valence-electron chi connectivity index (χ1n) is 9.20. The van der Waals surface area contributed by atoms with Gasteiger partial charge in [0, 0.05) is 24.7 Å². The van der Waals surface area contributed by atoms with Crippen LogP contribution in [0.15, 0.2) is 6.07 Å². The average Bonchev–Trinajstić information content (AvgIpc) is 3.16. The van der Waals surface area contributed by atoms with Crippen molar-refractivity contribution in [1.29, 1.82) is 0 Å². The van der Waals surface area contributed by atoms with E-state index in [1.54, 1.807) is 0 Å². The molecule has 3 heterocycles. The lowest BCUT2D eigenvalue weighted by molar-refractivity contribution is -0.141. The second kappa shape index (κ2) is 6.15. The van der Waals surface area contributed by atoms with Crippen molar-refractivity contribution in [2.75, 3.05) is 32.8 Å². The summed E-state index contributed by atoms with van der Waals surface area (Å²) in [5, 5.41) is 7.92. The fraction of sp³-hybridized carbons (Fsp3) is 0.778. The van der Waals surface area contributed by atoms with E-state index in [-0.39, 0.29) is 12.0 Å². The number of amides is 1. The molecule has 0 aromatic carbocycles. The molecule has 2 unspecified atom stereocenters. The minimum absolute atomic E-state index is 0.0448. The molecule has 6 heteroatoms. The molecule has 4 rings (SSSR count). The fourth-order valence-corrected chi connectivity index (χ4v) is 4.48. The van der Waals surface area contributed by atoms with Gasteiger partial charge in [-0.2, -0.15) is 5.10 Å². The SMILES string of the molecule is Cc1cc(C)n(CC2CN(C(=O)C3CC34CCNCC4)CCO2)n1. The average molecular weight is 332 g/mol. The van der Waals surface area contributed by atoms with Gasteiger partial charge in [0.2, 0.25) is 5.91 Å². The van der Waals surface area contributed by atoms with E-state index >= 15 is 0 Å². The minimum atomic E-state index is 0.0448. The number of morpholine rings is 1. The van der Waals surface area contributed by atoms with Crippen molar-refractivity contribution in [3.63, 3.8) is 0 Å². The van der Waals surface area contributed by atoms with Gasteiger partial charge in [-0.1, -0.05) is 0 Å². The standard InChI is InChI=1S/C18H28N4O2/c1-13-9-14(2)22(20-13)12-15-11-21(7-8-24-15)17(23)16-10-18(16)3-5-19-6-4-18/h9,15-16,19H,3-8,10-12H2,1-2H3. The molecule has 1 saturated carbocycles. The Morgan fingerprint density at radius 3 is 2.92 bits per heavy atom. The molecule has 1 amide bonds. The molecule has 2 atom stereocenters. The first-order chi connectivity index (χ1) is 11.6. The van der Waals surface area contributed by atoms with Crippen LogP contribution in [0.25, 0.3) is 0 Å². The fourth-order valence-electron chi connectivity index (χ4n) is 4.48. The molecule has 3 fully saturated rings. The molecule has 1 spiro atoms. The van der Waals surface area contributed by atoms with Gasteiger partial charge >= 0.3 is 0 Å². The number of piperidine rings is 1. The number of ether oxygens (including phenoxy) is 1. The summed E-state index contributed by atoms with van der Waals surface area (Å²) in [5.41, 5.74) is 2.49. The highest BCUT2D eigenvalue weighted by atomic mass is 16.5. The number of aromatic nitrogens is 2. The number of nitrogens with zero attached hydrogens (tertiary/aromatic N) is 3. The van der Waals surface area contributed by atoms with Crippen molar-refractivity contribution in [3.8, 4) is 0 Å². The van der Waals surface area contributed by atoms with E-state index in [9.17, 15) is 4.79 Å². The van der Waals surface area contributed by atoms with Crippen LogP contribution in [0.4, 0.5) is 0 Å². The Labute approximate surface area is 143 Å². The highest BCUT2D eigenvalue weighted by Gasteiger charge is 2.58. The van der Waals surface area contributed by atoms with E-state index in [0.717, 1.165) is 56.8 Å². The van der Waals surface area contributed by atoms with Crippen molar-refractivity contribution in [2.24, 2.45) is 11.3 Å². The summed E-state index contributed by atoms with van der Waals surface area (Å²) in [6, 6.07) is 2.08. The lowest BCUT2D eigenvalue weighted by Crippen LogP contribution is -2.48. The maximum atomic E-state index is 12.9. The molecule has 1 aliphatic carbocycles. The van der Waals surface area contributed by atoms with Gasteiger partial charge in [0.25, 0.3) is 0 Å². The van der Waals surface area contributed by atoms with E-state index in [1.165, 1.54) is 0 Å². The summed E-state index contributed by atoms with van der Waals surface area (Å²) in [6.07, 6.45) is 3.45. The van der Waals surface area contributed by atoms with Crippen LogP contribution in [0.2, 0.25) is 0 Å². The van der Waals surface area contributed by atoms with Crippen molar-refractivity contribution >= 4 is 5.91 Å². The van der Waals surface area contributed by atoms with E-state index < -0.39 is 0 Å². The first-order valence-corrected chi connectivity index (χ1v) is 9.20. The number of carbonyl (C=O) groups is 1. The van der Waals surface area contributed by atoms with Gasteiger partial charge in [-0.15, -0.1) is 0 Å². The van der Waals surface area contributed by atoms with E-state index in [1.807, 2.05) is 16.5 Å². The largest absolute Gasteiger partial charge is 0.373 e. The predicted molar refractivity (Wildman–Crippen MR) is 90.7 cm³/mol. The van der Waals surface area contributed by atoms with E-state index in [4.69, 9.17) is 4.74 Å². The van der Waals surface area contributed by atoms with Crippen molar-refractivity contribution in [1.82, 2.24) is 20.0 Å². The van der Waals surface area contributed by atoms with Gasteiger partial charge in [0.1, 0.15) is 0 Å². The number of aryl methyl sites for hydroxylation is 2. The van der Waals surface area contributed by atoms with Crippen LogP contribution >= 0.6 is 0 Å². The van der Waals surface area contributed by atoms with Gasteiger partial charge in [0.15, 0.2) is 0 Å². The molecule has 2 aliphatic heterocycles. The quantitative estimate of drug-likeness (QED) is 0.901. The summed E-state index contributed by atoms with van der Waals surface area (Å²) in [7, 11) is 0. The molecule has 2 saturated heterocycles. The van der Waals surface area contributed by atoms with Crippen LogP contribution in [0, 0.1) is 25.2 Å². The Morgan fingerprint density at radius 2 is 2.21 bits per heavy atom. The second-order valence-electron chi connectivity index (χ2n) is 7.76. The summed E-state index contributed by atoms with van der Waals surface area (Å²) in [5.74, 6) is 0.616. The van der Waals surface area contributed by atoms with Crippen molar-refractivity contribution < 1.29 is 9.53 Å². The number of rotatable bonds is 3. The normalized spacial score (nSPS) is 29.0. The van der Waals surface area contributed by atoms with E-state index in [0.29, 0.717) is 24.5 Å². The first kappa shape index (κ1) is 16.1. The van der Waals surface area contributed by atoms with Crippen LogP contribution in [0.5, 0.6) is 0 Å². The Morgan fingerprint density at radius 1 is 1.42 bits per heavy atom. The van der Waals surface area contributed by atoms with Crippen LogP contribution < -0.4 is 5.32 Å². The van der Waals surface area contributed by atoms with Crippen LogP contribution in [0.1, 0.15) is 30.7 Å². The lowest BCUT2D eigenvalue weighted by Gasteiger charge is -2.34. The van der Waals surface area contributed by atoms with Gasteiger partial charge in [0.05, 0.1) is 24.9 Å². The highest BCUT2D eigenvalue weighted by Crippen LogP contribution is 2.59. The van der Waals surface area contributed by atoms with Gasteiger partial charge in [-0.05, 0) is 57.7 Å². The number of hydrogen-bond donors (Lipinski definition) is 1. The van der Waals surface area contributed by atoms with Crippen LogP contribution in [0.3, 0.4) is 0 Å². The number of carbonyl (C=O) groups excluding carboxylic acids is 1. The minimum Gasteiger partial charge on any atom is -0.373 e. The molecule has 0 bridgehead atoms. The molecule has 1 aromatic rings. The maximum Gasteiger partial charge on any atom is 0.226 e. The lowest BCUT2D eigenvalue weighted by atomic mass is 9.91. The third-order valence-corrected chi connectivity index (χ3v) is 6.02. The monoisotopic (exact) mass is 332 g/mol. The zero-order valence-electron chi connectivity index (χ0n) is 14.8. The Balaban J connectivity index is 1.36. The van der Waals surface area contributed by atoms with Crippen LogP contribution in [-0.4, -0.2) is 59.5 Å². The molecular weight excluding hydrogens is 304 g/mol. The Bertz CT molecular complexity index is 621. The van der Waals surface area contributed by atoms with Crippen molar-refractivity contribution in [3.05, 3.63) is 17.5 Å². The summed E-state index contributed by atoms with van der Waals surface area (Å²) in [6.45, 7) is 8.99. The van der Waals surface area contributed by atoms with Crippen LogP contribution in [-0.2, 0) is 16.1 Å². The third kappa shape index (κ3) is 2.97. The van der Waals surface area contributed by atoms with E-state index in [2.05, 4.69) is 23.4 Å². The molecule has 3 aliphatic rings. The second-order valence-corrected chi connectivity index (χ2v) is 7.76. The molecule has 1 aromatic heterocycles. The van der Waals surface area contributed by atoms with Crippen molar-refractivity contribution in [2.45, 2.75) is 45.8 Å². The molecule has 1 N–H and O–H groups in total. The van der Waals surface area contributed by atoms with Gasteiger partial charge < -0.3 is 15.0 Å². The number of hydrogen-bond acceptors (Lipinski definition) is 4. The Kier molecular flexibility index (Phi) is 4.12.